The van der Waals surface area contributed by atoms with Gasteiger partial charge in [-0.1, -0.05) is 0 Å². The first kappa shape index (κ1) is 11.3. The van der Waals surface area contributed by atoms with E-state index in [9.17, 15) is 9.18 Å². The molecule has 0 spiro atoms. The lowest BCUT2D eigenvalue weighted by atomic mass is 9.97. The van der Waals surface area contributed by atoms with Gasteiger partial charge in [-0.3, -0.25) is 4.79 Å². The Morgan fingerprint density at radius 3 is 2.94 bits per heavy atom. The van der Waals surface area contributed by atoms with Gasteiger partial charge < -0.3 is 4.74 Å². The van der Waals surface area contributed by atoms with Gasteiger partial charge in [0.1, 0.15) is 5.82 Å². The SMILES string of the molecule is Cc1cc(F)cc(C(=O)CC2CCOC2)c1. The third-order valence-electron chi connectivity index (χ3n) is 2.86. The van der Waals surface area contributed by atoms with Gasteiger partial charge in [0.2, 0.25) is 0 Å². The first-order valence-electron chi connectivity index (χ1n) is 5.53. The molecule has 86 valence electrons. The molecule has 2 rings (SSSR count). The minimum Gasteiger partial charge on any atom is -0.381 e. The maximum atomic E-state index is 13.1. The van der Waals surface area contributed by atoms with Gasteiger partial charge in [0.15, 0.2) is 5.78 Å². The summed E-state index contributed by atoms with van der Waals surface area (Å²) in [4.78, 5) is 11.9. The van der Waals surface area contributed by atoms with E-state index in [1.54, 1.807) is 13.0 Å². The van der Waals surface area contributed by atoms with Crippen LogP contribution in [0, 0.1) is 18.7 Å². The van der Waals surface area contributed by atoms with E-state index in [-0.39, 0.29) is 11.6 Å². The topological polar surface area (TPSA) is 26.3 Å². The van der Waals surface area contributed by atoms with Crippen LogP contribution in [0.2, 0.25) is 0 Å². The largest absolute Gasteiger partial charge is 0.381 e. The molecule has 0 aliphatic carbocycles. The van der Waals surface area contributed by atoms with Crippen LogP contribution >= 0.6 is 0 Å². The van der Waals surface area contributed by atoms with Crippen LogP contribution in [0.25, 0.3) is 0 Å². The molecule has 0 amide bonds. The van der Waals surface area contributed by atoms with Crippen LogP contribution in [0.15, 0.2) is 18.2 Å². The van der Waals surface area contributed by atoms with Crippen molar-refractivity contribution in [3.63, 3.8) is 0 Å². The standard InChI is InChI=1S/C13H15FO2/c1-9-4-11(7-12(14)5-9)13(15)6-10-2-3-16-8-10/h4-5,7,10H,2-3,6,8H2,1H3. The quantitative estimate of drug-likeness (QED) is 0.735. The predicted molar refractivity (Wildman–Crippen MR) is 59.0 cm³/mol. The molecule has 1 unspecified atom stereocenters. The summed E-state index contributed by atoms with van der Waals surface area (Å²) in [5.74, 6) is -0.0276. The number of hydrogen-bond donors (Lipinski definition) is 0. The second kappa shape index (κ2) is 4.74. The van der Waals surface area contributed by atoms with Gasteiger partial charge in [-0.2, -0.15) is 0 Å². The number of rotatable bonds is 3. The van der Waals surface area contributed by atoms with Crippen molar-refractivity contribution in [2.75, 3.05) is 13.2 Å². The fourth-order valence-electron chi connectivity index (χ4n) is 2.02. The second-order valence-electron chi connectivity index (χ2n) is 4.37. The molecule has 1 atom stereocenters. The fraction of sp³-hybridized carbons (Fsp3) is 0.462. The van der Waals surface area contributed by atoms with Gasteiger partial charge in [0.05, 0.1) is 0 Å². The lowest BCUT2D eigenvalue weighted by Crippen LogP contribution is -2.09. The number of carbonyl (C=O) groups is 1. The number of ether oxygens (including phenoxy) is 1. The molecular formula is C13H15FO2. The highest BCUT2D eigenvalue weighted by Crippen LogP contribution is 2.20. The molecule has 1 saturated heterocycles. The van der Waals surface area contributed by atoms with Crippen molar-refractivity contribution in [2.45, 2.75) is 19.8 Å². The molecule has 1 aromatic rings. The van der Waals surface area contributed by atoms with Crippen molar-refractivity contribution in [3.05, 3.63) is 35.1 Å². The molecular weight excluding hydrogens is 207 g/mol. The maximum Gasteiger partial charge on any atom is 0.163 e. The van der Waals surface area contributed by atoms with Gasteiger partial charge in [-0.15, -0.1) is 0 Å². The van der Waals surface area contributed by atoms with Crippen LogP contribution in [0.5, 0.6) is 0 Å². The number of ketones is 1. The summed E-state index contributed by atoms with van der Waals surface area (Å²) in [6.45, 7) is 3.18. The van der Waals surface area contributed by atoms with Crippen molar-refractivity contribution in [1.82, 2.24) is 0 Å². The molecule has 0 radical (unpaired) electrons. The normalized spacial score (nSPS) is 20.0. The number of Topliss-reactive ketones (excluding diaryl/α,β-unsaturated/α-hetero) is 1. The minimum absolute atomic E-state index is 0.0121. The highest BCUT2D eigenvalue weighted by molar-refractivity contribution is 5.96. The van der Waals surface area contributed by atoms with E-state index < -0.39 is 0 Å². The second-order valence-corrected chi connectivity index (χ2v) is 4.37. The summed E-state index contributed by atoms with van der Waals surface area (Å²) >= 11 is 0. The van der Waals surface area contributed by atoms with Gasteiger partial charge >= 0.3 is 0 Å². The monoisotopic (exact) mass is 222 g/mol. The Hall–Kier alpha value is -1.22. The highest BCUT2D eigenvalue weighted by atomic mass is 19.1. The Labute approximate surface area is 94.4 Å². The number of benzene rings is 1. The Bertz CT molecular complexity index is 375. The number of carbonyl (C=O) groups excluding carboxylic acids is 1. The third-order valence-corrected chi connectivity index (χ3v) is 2.86. The van der Waals surface area contributed by atoms with Crippen LogP contribution in [-0.4, -0.2) is 19.0 Å². The third kappa shape index (κ3) is 2.67. The Morgan fingerprint density at radius 1 is 1.50 bits per heavy atom. The van der Waals surface area contributed by atoms with Crippen molar-refractivity contribution in [3.8, 4) is 0 Å². The molecule has 1 aliphatic rings. The molecule has 16 heavy (non-hydrogen) atoms. The fourth-order valence-corrected chi connectivity index (χ4v) is 2.02. The summed E-state index contributed by atoms with van der Waals surface area (Å²) in [7, 11) is 0. The summed E-state index contributed by atoms with van der Waals surface area (Å²) in [6.07, 6.45) is 1.39. The summed E-state index contributed by atoms with van der Waals surface area (Å²) in [5, 5.41) is 0. The molecule has 1 fully saturated rings. The lowest BCUT2D eigenvalue weighted by molar-refractivity contribution is 0.0952. The zero-order valence-electron chi connectivity index (χ0n) is 9.33. The van der Waals surface area contributed by atoms with E-state index in [1.807, 2.05) is 0 Å². The van der Waals surface area contributed by atoms with E-state index in [1.165, 1.54) is 12.1 Å². The van der Waals surface area contributed by atoms with Gasteiger partial charge in [0.25, 0.3) is 0 Å². The molecule has 1 aromatic carbocycles. The average molecular weight is 222 g/mol. The van der Waals surface area contributed by atoms with E-state index in [4.69, 9.17) is 4.74 Å². The number of halogens is 1. The number of hydrogen-bond acceptors (Lipinski definition) is 2. The van der Waals surface area contributed by atoms with E-state index in [0.717, 1.165) is 18.6 Å². The lowest BCUT2D eigenvalue weighted by Gasteiger charge is -2.07. The van der Waals surface area contributed by atoms with Gasteiger partial charge in [0, 0.05) is 25.2 Å². The van der Waals surface area contributed by atoms with Crippen molar-refractivity contribution in [1.29, 1.82) is 0 Å². The molecule has 0 saturated carbocycles. The van der Waals surface area contributed by atoms with E-state index in [0.29, 0.717) is 24.5 Å². The first-order chi connectivity index (χ1) is 7.65. The van der Waals surface area contributed by atoms with Crippen molar-refractivity contribution in [2.24, 2.45) is 5.92 Å². The predicted octanol–water partition coefficient (Wildman–Crippen LogP) is 2.74. The van der Waals surface area contributed by atoms with Crippen LogP contribution < -0.4 is 0 Å². The summed E-state index contributed by atoms with van der Waals surface area (Å²) in [6, 6.07) is 4.47. The van der Waals surface area contributed by atoms with Crippen LogP contribution in [0.4, 0.5) is 4.39 Å². The van der Waals surface area contributed by atoms with Crippen LogP contribution in [0.3, 0.4) is 0 Å². The Kier molecular flexibility index (Phi) is 3.34. The van der Waals surface area contributed by atoms with Gasteiger partial charge in [-0.05, 0) is 43.0 Å². The van der Waals surface area contributed by atoms with Crippen molar-refractivity contribution < 1.29 is 13.9 Å². The Balaban J connectivity index is 2.07. The van der Waals surface area contributed by atoms with Crippen LogP contribution in [0.1, 0.15) is 28.8 Å². The minimum atomic E-state index is -0.342. The first-order valence-corrected chi connectivity index (χ1v) is 5.53. The average Bonchev–Trinajstić information content (AvgIpc) is 2.68. The molecule has 0 bridgehead atoms. The Morgan fingerprint density at radius 2 is 2.31 bits per heavy atom. The number of aryl methyl sites for hydroxylation is 1. The summed E-state index contributed by atoms with van der Waals surface area (Å²) < 4.78 is 18.3. The molecule has 0 N–H and O–H groups in total. The smallest absolute Gasteiger partial charge is 0.163 e. The zero-order valence-corrected chi connectivity index (χ0v) is 9.33. The zero-order chi connectivity index (χ0) is 11.5. The molecule has 0 aromatic heterocycles. The highest BCUT2D eigenvalue weighted by Gasteiger charge is 2.20. The van der Waals surface area contributed by atoms with Crippen LogP contribution in [-0.2, 0) is 4.74 Å². The van der Waals surface area contributed by atoms with Gasteiger partial charge in [-0.25, -0.2) is 4.39 Å². The van der Waals surface area contributed by atoms with E-state index in [2.05, 4.69) is 0 Å². The molecule has 2 nitrogen and oxygen atoms in total. The van der Waals surface area contributed by atoms with Crippen molar-refractivity contribution >= 4 is 5.78 Å². The molecule has 1 aliphatic heterocycles. The summed E-state index contributed by atoms with van der Waals surface area (Å²) in [5.41, 5.74) is 1.26. The molecule has 3 heteroatoms. The van der Waals surface area contributed by atoms with E-state index >= 15 is 0 Å². The maximum absolute atomic E-state index is 13.1. The molecule has 1 heterocycles.